The molecule has 0 spiro atoms. The van der Waals surface area contributed by atoms with Gasteiger partial charge in [-0.1, -0.05) is 17.4 Å². The van der Waals surface area contributed by atoms with E-state index in [9.17, 15) is 4.79 Å². The highest BCUT2D eigenvalue weighted by Gasteiger charge is 2.16. The molecule has 1 amide bonds. The zero-order valence-corrected chi connectivity index (χ0v) is 12.6. The number of amides is 1. The van der Waals surface area contributed by atoms with E-state index in [1.165, 1.54) is 11.3 Å². The van der Waals surface area contributed by atoms with Crippen molar-refractivity contribution >= 4 is 28.6 Å². The lowest BCUT2D eigenvalue weighted by molar-refractivity contribution is 0.0636. The van der Waals surface area contributed by atoms with Crippen LogP contribution in [0.2, 0.25) is 0 Å². The number of rotatable bonds is 5. The first-order valence-electron chi connectivity index (χ1n) is 6.17. The number of thiazole rings is 1. The van der Waals surface area contributed by atoms with Crippen LogP contribution in [-0.4, -0.2) is 30.3 Å². The maximum Gasteiger partial charge on any atom is 0.413 e. The predicted octanol–water partition coefficient (Wildman–Crippen LogP) is 3.11. The minimum absolute atomic E-state index is 0.479. The summed E-state index contributed by atoms with van der Waals surface area (Å²) >= 11 is 1.41. The topological polar surface area (TPSA) is 63.2 Å². The summed E-state index contributed by atoms with van der Waals surface area (Å²) in [7, 11) is 1.92. The van der Waals surface area contributed by atoms with Gasteiger partial charge in [0, 0.05) is 11.1 Å². The Kier molecular flexibility index (Phi) is 5.98. The molecule has 5 nitrogen and oxygen atoms in total. The van der Waals surface area contributed by atoms with Crippen LogP contribution in [0, 0.1) is 0 Å². The van der Waals surface area contributed by atoms with Crippen molar-refractivity contribution in [1.82, 2.24) is 10.3 Å². The van der Waals surface area contributed by atoms with Crippen molar-refractivity contribution in [3.8, 4) is 0 Å². The molecule has 0 fully saturated rings. The largest absolute Gasteiger partial charge is 0.444 e. The Hall–Kier alpha value is -1.40. The lowest BCUT2D eigenvalue weighted by Gasteiger charge is -2.18. The number of carbonyl (C=O) groups is 1. The molecule has 0 aromatic carbocycles. The highest BCUT2D eigenvalue weighted by molar-refractivity contribution is 7.16. The van der Waals surface area contributed by atoms with Crippen LogP contribution in [0.5, 0.6) is 0 Å². The van der Waals surface area contributed by atoms with E-state index < -0.39 is 11.7 Å². The first-order chi connectivity index (χ1) is 8.90. The Balaban J connectivity index is 2.46. The van der Waals surface area contributed by atoms with Gasteiger partial charge in [-0.2, -0.15) is 0 Å². The van der Waals surface area contributed by atoms with Crippen molar-refractivity contribution in [1.29, 1.82) is 0 Å². The summed E-state index contributed by atoms with van der Waals surface area (Å²) in [6.07, 6.45) is 6.28. The van der Waals surface area contributed by atoms with Crippen LogP contribution < -0.4 is 10.6 Å². The smallest absolute Gasteiger partial charge is 0.413 e. The molecule has 0 aliphatic carbocycles. The maximum atomic E-state index is 11.5. The Morgan fingerprint density at radius 3 is 2.89 bits per heavy atom. The van der Waals surface area contributed by atoms with Gasteiger partial charge in [0.2, 0.25) is 0 Å². The number of carbonyl (C=O) groups excluding carboxylic acids is 1. The third-order valence-corrected chi connectivity index (χ3v) is 2.85. The first-order valence-corrected chi connectivity index (χ1v) is 6.99. The molecular weight excluding hydrogens is 262 g/mol. The quantitative estimate of drug-likeness (QED) is 0.815. The summed E-state index contributed by atoms with van der Waals surface area (Å²) in [6, 6.07) is 0. The van der Waals surface area contributed by atoms with E-state index >= 15 is 0 Å². The standard InChI is InChI=1S/C13H21N3O2S/c1-13(2,3)18-12(17)16-11-15-9-10(19-11)7-5-6-8-14-4/h5,7,9,14H,6,8H2,1-4H3,(H,15,16,17). The summed E-state index contributed by atoms with van der Waals surface area (Å²) in [5.41, 5.74) is -0.503. The molecule has 19 heavy (non-hydrogen) atoms. The number of hydrogen-bond donors (Lipinski definition) is 2. The second-order valence-corrected chi connectivity index (χ2v) is 6.05. The molecule has 1 rings (SSSR count). The highest BCUT2D eigenvalue weighted by Crippen LogP contribution is 2.20. The number of anilines is 1. The van der Waals surface area contributed by atoms with E-state index in [2.05, 4.69) is 21.7 Å². The predicted molar refractivity (Wildman–Crippen MR) is 79.5 cm³/mol. The van der Waals surface area contributed by atoms with Gasteiger partial charge in [-0.25, -0.2) is 9.78 Å². The molecule has 6 heteroatoms. The van der Waals surface area contributed by atoms with Gasteiger partial charge in [0.25, 0.3) is 0 Å². The number of nitrogens with zero attached hydrogens (tertiary/aromatic N) is 1. The second-order valence-electron chi connectivity index (χ2n) is 4.99. The van der Waals surface area contributed by atoms with Crippen molar-refractivity contribution in [2.75, 3.05) is 18.9 Å². The van der Waals surface area contributed by atoms with Gasteiger partial charge in [-0.15, -0.1) is 0 Å². The lowest BCUT2D eigenvalue weighted by atomic mass is 10.2. The van der Waals surface area contributed by atoms with Crippen molar-refractivity contribution in [3.63, 3.8) is 0 Å². The van der Waals surface area contributed by atoms with Gasteiger partial charge in [0.15, 0.2) is 5.13 Å². The van der Waals surface area contributed by atoms with E-state index in [-0.39, 0.29) is 0 Å². The third kappa shape index (κ3) is 6.93. The average Bonchev–Trinajstić information content (AvgIpc) is 2.69. The van der Waals surface area contributed by atoms with Gasteiger partial charge in [-0.3, -0.25) is 5.32 Å². The van der Waals surface area contributed by atoms with Gasteiger partial charge in [0.1, 0.15) is 5.60 Å². The molecule has 0 atom stereocenters. The summed E-state index contributed by atoms with van der Waals surface area (Å²) < 4.78 is 5.15. The van der Waals surface area contributed by atoms with Gasteiger partial charge < -0.3 is 10.1 Å². The van der Waals surface area contributed by atoms with Crippen molar-refractivity contribution in [3.05, 3.63) is 17.2 Å². The zero-order chi connectivity index (χ0) is 14.3. The van der Waals surface area contributed by atoms with E-state index in [1.807, 2.05) is 33.9 Å². The molecule has 0 bridgehead atoms. The second kappa shape index (κ2) is 7.25. The lowest BCUT2D eigenvalue weighted by Crippen LogP contribution is -2.27. The monoisotopic (exact) mass is 283 g/mol. The summed E-state index contributed by atoms with van der Waals surface area (Å²) in [5.74, 6) is 0. The molecule has 1 heterocycles. The van der Waals surface area contributed by atoms with Crippen LogP contribution in [0.1, 0.15) is 32.1 Å². The molecule has 1 aromatic rings. The van der Waals surface area contributed by atoms with Gasteiger partial charge >= 0.3 is 6.09 Å². The van der Waals surface area contributed by atoms with Crippen molar-refractivity contribution in [2.24, 2.45) is 0 Å². The molecule has 1 aromatic heterocycles. The molecule has 0 aliphatic heterocycles. The highest BCUT2D eigenvalue weighted by atomic mass is 32.1. The summed E-state index contributed by atoms with van der Waals surface area (Å²) in [4.78, 5) is 16.7. The summed E-state index contributed by atoms with van der Waals surface area (Å²) in [6.45, 7) is 6.41. The molecule has 2 N–H and O–H groups in total. The number of nitrogens with one attached hydrogen (secondary N) is 2. The minimum atomic E-state index is -0.503. The van der Waals surface area contributed by atoms with Gasteiger partial charge in [-0.05, 0) is 46.9 Å². The van der Waals surface area contributed by atoms with E-state index in [0.717, 1.165) is 17.8 Å². The number of ether oxygens (including phenoxy) is 1. The molecular formula is C13H21N3O2S. The fourth-order valence-corrected chi connectivity index (χ4v) is 1.97. The van der Waals surface area contributed by atoms with Crippen LogP contribution in [0.15, 0.2) is 12.3 Å². The van der Waals surface area contributed by atoms with Crippen LogP contribution in [0.4, 0.5) is 9.93 Å². The fraction of sp³-hybridized carbons (Fsp3) is 0.538. The SMILES string of the molecule is CNCCC=Cc1cnc(NC(=O)OC(C)(C)C)s1. The number of aromatic nitrogens is 1. The fourth-order valence-electron chi connectivity index (χ4n) is 1.24. The van der Waals surface area contributed by atoms with Crippen molar-refractivity contribution < 1.29 is 9.53 Å². The van der Waals surface area contributed by atoms with Crippen LogP contribution in [0.3, 0.4) is 0 Å². The van der Waals surface area contributed by atoms with Crippen LogP contribution >= 0.6 is 11.3 Å². The van der Waals surface area contributed by atoms with Crippen LogP contribution in [0.25, 0.3) is 6.08 Å². The Bertz CT molecular complexity index is 435. The zero-order valence-electron chi connectivity index (χ0n) is 11.8. The average molecular weight is 283 g/mol. The van der Waals surface area contributed by atoms with Crippen LogP contribution in [-0.2, 0) is 4.74 Å². The minimum Gasteiger partial charge on any atom is -0.444 e. The summed E-state index contributed by atoms with van der Waals surface area (Å²) in [5, 5.41) is 6.23. The van der Waals surface area contributed by atoms with E-state index in [4.69, 9.17) is 4.74 Å². The van der Waals surface area contributed by atoms with E-state index in [1.54, 1.807) is 6.20 Å². The van der Waals surface area contributed by atoms with Crippen molar-refractivity contribution in [2.45, 2.75) is 32.8 Å². The molecule has 0 unspecified atom stereocenters. The molecule has 0 radical (unpaired) electrons. The Morgan fingerprint density at radius 2 is 2.26 bits per heavy atom. The van der Waals surface area contributed by atoms with E-state index in [0.29, 0.717) is 5.13 Å². The molecule has 106 valence electrons. The molecule has 0 saturated heterocycles. The first kappa shape index (κ1) is 15.7. The third-order valence-electron chi connectivity index (χ3n) is 1.97. The number of hydrogen-bond acceptors (Lipinski definition) is 5. The molecule has 0 saturated carbocycles. The Labute approximate surface area is 118 Å². The maximum absolute atomic E-state index is 11.5. The normalized spacial score (nSPS) is 11.8. The Morgan fingerprint density at radius 1 is 1.53 bits per heavy atom. The molecule has 0 aliphatic rings. The van der Waals surface area contributed by atoms with Gasteiger partial charge in [0.05, 0.1) is 0 Å².